The molecule has 0 N–H and O–H groups in total. The fraction of sp³-hybridized carbons (Fsp3) is 0.154. The number of aryl methyl sites for hydroxylation is 2. The van der Waals surface area contributed by atoms with Gasteiger partial charge in [0.1, 0.15) is 6.61 Å². The van der Waals surface area contributed by atoms with Crippen molar-refractivity contribution in [1.82, 2.24) is 0 Å². The molecule has 0 bridgehead atoms. The monoisotopic (exact) mass is 461 g/mol. The first-order valence-corrected chi connectivity index (χ1v) is 11.4. The van der Waals surface area contributed by atoms with Crippen molar-refractivity contribution >= 4 is 46.0 Å². The molecule has 1 saturated heterocycles. The van der Waals surface area contributed by atoms with Gasteiger partial charge in [0, 0.05) is 0 Å². The summed E-state index contributed by atoms with van der Waals surface area (Å²) < 4.78 is 12.1. The molecule has 0 aliphatic carbocycles. The Balaban J connectivity index is 1.53. The Morgan fingerprint density at radius 2 is 1.75 bits per heavy atom. The Morgan fingerprint density at radius 3 is 2.47 bits per heavy atom. The number of nitrogens with zero attached hydrogens (tertiary/aromatic N) is 1. The topological polar surface area (TPSA) is 38.8 Å². The van der Waals surface area contributed by atoms with Gasteiger partial charge in [0.2, 0.25) is 0 Å². The van der Waals surface area contributed by atoms with Crippen molar-refractivity contribution in [1.29, 1.82) is 0 Å². The van der Waals surface area contributed by atoms with Gasteiger partial charge in [-0.2, -0.15) is 0 Å². The molecule has 0 spiro atoms. The van der Waals surface area contributed by atoms with Crippen LogP contribution in [-0.2, 0) is 11.4 Å². The number of hydrogen-bond donors (Lipinski definition) is 0. The highest BCUT2D eigenvalue weighted by Crippen LogP contribution is 2.37. The second kappa shape index (κ2) is 9.59. The van der Waals surface area contributed by atoms with Gasteiger partial charge in [-0.3, -0.25) is 9.69 Å². The van der Waals surface area contributed by atoms with Crippen molar-refractivity contribution < 1.29 is 14.3 Å². The largest absolute Gasteiger partial charge is 0.493 e. The number of hydrogen-bond acceptors (Lipinski definition) is 5. The SMILES string of the molecule is COc1cc(C=C2SC(=S)N(c3ccc(C)cc3)C2=O)ccc1OCc1ccccc1C. The van der Waals surface area contributed by atoms with Crippen LogP contribution in [0.1, 0.15) is 22.3 Å². The summed E-state index contributed by atoms with van der Waals surface area (Å²) >= 11 is 6.77. The number of thiocarbonyl (C=S) groups is 1. The molecule has 3 aromatic carbocycles. The Morgan fingerprint density at radius 1 is 1.00 bits per heavy atom. The van der Waals surface area contributed by atoms with E-state index in [1.165, 1.54) is 17.3 Å². The second-order valence-corrected chi connectivity index (χ2v) is 9.15. The number of anilines is 1. The number of rotatable bonds is 6. The molecule has 0 aromatic heterocycles. The minimum absolute atomic E-state index is 0.123. The highest BCUT2D eigenvalue weighted by molar-refractivity contribution is 8.27. The van der Waals surface area contributed by atoms with E-state index in [4.69, 9.17) is 21.7 Å². The molecule has 0 atom stereocenters. The van der Waals surface area contributed by atoms with Crippen molar-refractivity contribution in [3.8, 4) is 11.5 Å². The number of carbonyl (C=O) groups excluding carboxylic acids is 1. The van der Waals surface area contributed by atoms with Crippen LogP contribution in [-0.4, -0.2) is 17.3 Å². The van der Waals surface area contributed by atoms with Crippen LogP contribution in [0.3, 0.4) is 0 Å². The molecule has 4 rings (SSSR count). The number of thioether (sulfide) groups is 1. The fourth-order valence-electron chi connectivity index (χ4n) is 3.36. The first-order chi connectivity index (χ1) is 15.5. The summed E-state index contributed by atoms with van der Waals surface area (Å²) in [4.78, 5) is 15.2. The van der Waals surface area contributed by atoms with Crippen molar-refractivity contribution in [2.45, 2.75) is 20.5 Å². The third kappa shape index (κ3) is 4.71. The molecule has 1 aliphatic heterocycles. The van der Waals surface area contributed by atoms with E-state index in [1.807, 2.05) is 73.7 Å². The van der Waals surface area contributed by atoms with Gasteiger partial charge in [0.25, 0.3) is 5.91 Å². The highest BCUT2D eigenvalue weighted by Gasteiger charge is 2.33. The van der Waals surface area contributed by atoms with Crippen molar-refractivity contribution in [3.05, 3.63) is 93.9 Å². The van der Waals surface area contributed by atoms with E-state index in [1.54, 1.807) is 12.0 Å². The molecule has 4 nitrogen and oxygen atoms in total. The quantitative estimate of drug-likeness (QED) is 0.318. The van der Waals surface area contributed by atoms with Gasteiger partial charge in [-0.1, -0.05) is 72.0 Å². The summed E-state index contributed by atoms with van der Waals surface area (Å²) in [6.45, 7) is 4.53. The predicted octanol–water partition coefficient (Wildman–Crippen LogP) is 6.30. The molecule has 32 heavy (non-hydrogen) atoms. The maximum Gasteiger partial charge on any atom is 0.270 e. The Labute approximate surface area is 197 Å². The average Bonchev–Trinajstić information content (AvgIpc) is 3.07. The molecular weight excluding hydrogens is 438 g/mol. The number of ether oxygens (including phenoxy) is 2. The molecule has 1 amide bonds. The maximum absolute atomic E-state index is 13.0. The van der Waals surface area contributed by atoms with E-state index in [0.29, 0.717) is 27.3 Å². The summed E-state index contributed by atoms with van der Waals surface area (Å²) in [6.07, 6.45) is 1.83. The molecular formula is C26H23NO3S2. The van der Waals surface area contributed by atoms with Crippen LogP contribution >= 0.6 is 24.0 Å². The van der Waals surface area contributed by atoms with Gasteiger partial charge in [-0.05, 0) is 60.9 Å². The number of carbonyl (C=O) groups is 1. The molecule has 1 fully saturated rings. The third-order valence-corrected chi connectivity index (χ3v) is 6.52. The third-order valence-electron chi connectivity index (χ3n) is 5.22. The smallest absolute Gasteiger partial charge is 0.270 e. The number of benzene rings is 3. The minimum Gasteiger partial charge on any atom is -0.493 e. The molecule has 6 heteroatoms. The van der Waals surface area contributed by atoms with Gasteiger partial charge < -0.3 is 9.47 Å². The van der Waals surface area contributed by atoms with Crippen molar-refractivity contribution in [3.63, 3.8) is 0 Å². The molecule has 0 saturated carbocycles. The van der Waals surface area contributed by atoms with Crippen LogP contribution in [0.15, 0.2) is 71.6 Å². The van der Waals surface area contributed by atoms with Crippen LogP contribution in [0.25, 0.3) is 6.08 Å². The van der Waals surface area contributed by atoms with Gasteiger partial charge in [0.15, 0.2) is 15.8 Å². The normalized spacial score (nSPS) is 14.8. The standard InChI is InChI=1S/C26H23NO3S2/c1-17-8-11-21(12-9-17)27-25(28)24(32-26(27)31)15-19-10-13-22(23(14-19)29-3)30-16-20-7-5-4-6-18(20)2/h4-15H,16H2,1-3H3. The van der Waals surface area contributed by atoms with Gasteiger partial charge in [-0.15, -0.1) is 0 Å². The zero-order valence-corrected chi connectivity index (χ0v) is 19.8. The van der Waals surface area contributed by atoms with E-state index in [-0.39, 0.29) is 5.91 Å². The average molecular weight is 462 g/mol. The van der Waals surface area contributed by atoms with Crippen molar-refractivity contribution in [2.75, 3.05) is 12.0 Å². The zero-order valence-electron chi connectivity index (χ0n) is 18.1. The summed E-state index contributed by atoms with van der Waals surface area (Å²) in [6, 6.07) is 21.5. The minimum atomic E-state index is -0.123. The lowest BCUT2D eigenvalue weighted by molar-refractivity contribution is -0.113. The van der Waals surface area contributed by atoms with Crippen LogP contribution in [0, 0.1) is 13.8 Å². The van der Waals surface area contributed by atoms with Crippen LogP contribution in [0.2, 0.25) is 0 Å². The molecule has 1 aliphatic rings. The number of methoxy groups -OCH3 is 1. The van der Waals surface area contributed by atoms with Gasteiger partial charge in [-0.25, -0.2) is 0 Å². The molecule has 0 unspecified atom stereocenters. The lowest BCUT2D eigenvalue weighted by atomic mass is 10.1. The van der Waals surface area contributed by atoms with Crippen LogP contribution in [0.5, 0.6) is 11.5 Å². The zero-order chi connectivity index (χ0) is 22.7. The molecule has 1 heterocycles. The first kappa shape index (κ1) is 22.1. The summed E-state index contributed by atoms with van der Waals surface area (Å²) in [5.41, 5.74) is 5.05. The Hall–Kier alpha value is -3.09. The van der Waals surface area contributed by atoms with Crippen LogP contribution in [0.4, 0.5) is 5.69 Å². The summed E-state index contributed by atoms with van der Waals surface area (Å²) in [7, 11) is 1.61. The second-order valence-electron chi connectivity index (χ2n) is 7.48. The fourth-order valence-corrected chi connectivity index (χ4v) is 4.66. The highest BCUT2D eigenvalue weighted by atomic mass is 32.2. The lowest BCUT2D eigenvalue weighted by Crippen LogP contribution is -2.27. The van der Waals surface area contributed by atoms with Gasteiger partial charge in [0.05, 0.1) is 17.7 Å². The molecule has 3 aromatic rings. The van der Waals surface area contributed by atoms with E-state index < -0.39 is 0 Å². The van der Waals surface area contributed by atoms with E-state index in [9.17, 15) is 4.79 Å². The lowest BCUT2D eigenvalue weighted by Gasteiger charge is -2.14. The van der Waals surface area contributed by atoms with E-state index >= 15 is 0 Å². The Kier molecular flexibility index (Phi) is 6.63. The summed E-state index contributed by atoms with van der Waals surface area (Å²) in [5.74, 6) is 1.14. The van der Waals surface area contributed by atoms with Crippen molar-refractivity contribution in [2.24, 2.45) is 0 Å². The summed E-state index contributed by atoms with van der Waals surface area (Å²) in [5, 5.41) is 0. The predicted molar refractivity (Wildman–Crippen MR) is 135 cm³/mol. The molecule has 162 valence electrons. The number of amides is 1. The maximum atomic E-state index is 13.0. The van der Waals surface area contributed by atoms with Crippen LogP contribution < -0.4 is 14.4 Å². The van der Waals surface area contributed by atoms with Gasteiger partial charge >= 0.3 is 0 Å². The molecule has 0 radical (unpaired) electrons. The van der Waals surface area contributed by atoms with E-state index in [0.717, 1.165) is 22.4 Å². The van der Waals surface area contributed by atoms with E-state index in [2.05, 4.69) is 13.0 Å². The Bertz CT molecular complexity index is 1200. The first-order valence-electron chi connectivity index (χ1n) is 10.2.